The molecule has 1 fully saturated rings. The van der Waals surface area contributed by atoms with Crippen molar-refractivity contribution < 1.29 is 13.2 Å². The van der Waals surface area contributed by atoms with E-state index in [1.807, 2.05) is 11.8 Å². The largest absolute Gasteiger partial charge is 0.433 e. The van der Waals surface area contributed by atoms with E-state index in [0.29, 0.717) is 5.82 Å². The highest BCUT2D eigenvalue weighted by Gasteiger charge is 2.34. The SMILES string of the molecule is CNc1nc(N2CCCCCC2C)cc(C(F)(F)F)n1. The molecule has 0 amide bonds. The molecule has 0 spiro atoms. The van der Waals surface area contributed by atoms with Gasteiger partial charge < -0.3 is 10.2 Å². The zero-order valence-corrected chi connectivity index (χ0v) is 11.7. The molecule has 1 aliphatic heterocycles. The van der Waals surface area contributed by atoms with E-state index in [9.17, 15) is 13.2 Å². The molecule has 0 saturated carbocycles. The van der Waals surface area contributed by atoms with Gasteiger partial charge in [-0.15, -0.1) is 0 Å². The fraction of sp³-hybridized carbons (Fsp3) is 0.692. The summed E-state index contributed by atoms with van der Waals surface area (Å²) >= 11 is 0. The van der Waals surface area contributed by atoms with Gasteiger partial charge in [-0.05, 0) is 19.8 Å². The number of alkyl halides is 3. The van der Waals surface area contributed by atoms with Gasteiger partial charge >= 0.3 is 6.18 Å². The van der Waals surface area contributed by atoms with Crippen molar-refractivity contribution >= 4 is 11.8 Å². The third kappa shape index (κ3) is 3.32. The van der Waals surface area contributed by atoms with Gasteiger partial charge in [0.25, 0.3) is 0 Å². The zero-order valence-electron chi connectivity index (χ0n) is 11.7. The Hall–Kier alpha value is -1.53. The topological polar surface area (TPSA) is 41.1 Å². The summed E-state index contributed by atoms with van der Waals surface area (Å²) in [4.78, 5) is 9.63. The number of nitrogens with zero attached hydrogens (tertiary/aromatic N) is 3. The molecule has 2 heterocycles. The van der Waals surface area contributed by atoms with Crippen molar-refractivity contribution in [3.63, 3.8) is 0 Å². The Balaban J connectivity index is 2.39. The van der Waals surface area contributed by atoms with E-state index in [4.69, 9.17) is 0 Å². The van der Waals surface area contributed by atoms with Crippen LogP contribution in [-0.2, 0) is 6.18 Å². The van der Waals surface area contributed by atoms with Crippen LogP contribution in [-0.4, -0.2) is 29.6 Å². The lowest BCUT2D eigenvalue weighted by atomic mass is 10.1. The van der Waals surface area contributed by atoms with Crippen molar-refractivity contribution in [3.8, 4) is 0 Å². The normalized spacial score (nSPS) is 20.6. The van der Waals surface area contributed by atoms with Crippen LogP contribution in [0.1, 0.15) is 38.3 Å². The third-order valence-electron chi connectivity index (χ3n) is 3.57. The van der Waals surface area contributed by atoms with Crippen molar-refractivity contribution in [2.75, 3.05) is 23.8 Å². The van der Waals surface area contributed by atoms with E-state index in [1.54, 1.807) is 0 Å². The second-order valence-electron chi connectivity index (χ2n) is 5.07. The van der Waals surface area contributed by atoms with Crippen LogP contribution in [0.5, 0.6) is 0 Å². The van der Waals surface area contributed by atoms with Crippen LogP contribution in [0.15, 0.2) is 6.07 Å². The molecule has 1 aliphatic rings. The van der Waals surface area contributed by atoms with Crippen LogP contribution in [0.3, 0.4) is 0 Å². The summed E-state index contributed by atoms with van der Waals surface area (Å²) < 4.78 is 38.7. The Morgan fingerprint density at radius 2 is 2.00 bits per heavy atom. The van der Waals surface area contributed by atoms with Gasteiger partial charge in [0.2, 0.25) is 5.95 Å². The molecule has 0 bridgehead atoms. The lowest BCUT2D eigenvalue weighted by Crippen LogP contribution is -2.33. The number of hydrogen-bond donors (Lipinski definition) is 1. The Morgan fingerprint density at radius 1 is 1.25 bits per heavy atom. The van der Waals surface area contributed by atoms with Gasteiger partial charge in [-0.3, -0.25) is 0 Å². The molecule has 20 heavy (non-hydrogen) atoms. The van der Waals surface area contributed by atoms with Crippen LogP contribution >= 0.6 is 0 Å². The maximum absolute atomic E-state index is 12.9. The number of hydrogen-bond acceptors (Lipinski definition) is 4. The minimum atomic E-state index is -4.46. The standard InChI is InChI=1S/C13H19F3N4/c1-9-6-4-3-5-7-20(9)11-8-10(13(14,15)16)18-12(17-2)19-11/h8-9H,3-7H2,1-2H3,(H,17,18,19). The second-order valence-corrected chi connectivity index (χ2v) is 5.07. The van der Waals surface area contributed by atoms with Gasteiger partial charge in [0.15, 0.2) is 5.69 Å². The van der Waals surface area contributed by atoms with E-state index in [2.05, 4.69) is 15.3 Å². The molecular weight excluding hydrogens is 269 g/mol. The molecule has 0 aromatic carbocycles. The van der Waals surface area contributed by atoms with Gasteiger partial charge in [0, 0.05) is 25.7 Å². The summed E-state index contributed by atoms with van der Waals surface area (Å²) in [5, 5.41) is 2.60. The van der Waals surface area contributed by atoms with Gasteiger partial charge in [-0.2, -0.15) is 18.2 Å². The predicted molar refractivity (Wildman–Crippen MR) is 71.9 cm³/mol. The minimum absolute atomic E-state index is 0.00581. The Kier molecular flexibility index (Phi) is 4.35. The number of halogens is 3. The second kappa shape index (κ2) is 5.85. The zero-order chi connectivity index (χ0) is 14.8. The molecule has 1 atom stereocenters. The number of anilines is 2. The molecule has 112 valence electrons. The minimum Gasteiger partial charge on any atom is -0.357 e. The summed E-state index contributed by atoms with van der Waals surface area (Å²) in [6.07, 6.45) is -0.298. The summed E-state index contributed by atoms with van der Waals surface area (Å²) in [7, 11) is 1.52. The maximum atomic E-state index is 12.9. The van der Waals surface area contributed by atoms with Gasteiger partial charge in [0.1, 0.15) is 5.82 Å². The smallest absolute Gasteiger partial charge is 0.357 e. The molecule has 4 nitrogen and oxygen atoms in total. The number of nitrogens with one attached hydrogen (secondary N) is 1. The van der Waals surface area contributed by atoms with Crippen molar-refractivity contribution in [2.45, 2.75) is 44.8 Å². The summed E-state index contributed by atoms with van der Waals surface area (Å²) in [5.74, 6) is 0.359. The van der Waals surface area contributed by atoms with Crippen molar-refractivity contribution in [3.05, 3.63) is 11.8 Å². The highest BCUT2D eigenvalue weighted by molar-refractivity contribution is 5.46. The Morgan fingerprint density at radius 3 is 2.65 bits per heavy atom. The average Bonchev–Trinajstić information content (AvgIpc) is 2.62. The van der Waals surface area contributed by atoms with Crippen LogP contribution in [0.4, 0.5) is 24.9 Å². The van der Waals surface area contributed by atoms with Crippen molar-refractivity contribution in [1.82, 2.24) is 9.97 Å². The van der Waals surface area contributed by atoms with Gasteiger partial charge in [0.05, 0.1) is 0 Å². The van der Waals surface area contributed by atoms with Gasteiger partial charge in [-0.25, -0.2) is 4.98 Å². The fourth-order valence-corrected chi connectivity index (χ4v) is 2.45. The first kappa shape index (κ1) is 14.9. The van der Waals surface area contributed by atoms with Crippen LogP contribution < -0.4 is 10.2 Å². The van der Waals surface area contributed by atoms with E-state index in [0.717, 1.165) is 38.3 Å². The molecular formula is C13H19F3N4. The molecule has 1 saturated heterocycles. The van der Waals surface area contributed by atoms with E-state index >= 15 is 0 Å². The van der Waals surface area contributed by atoms with E-state index < -0.39 is 11.9 Å². The monoisotopic (exact) mass is 288 g/mol. The van der Waals surface area contributed by atoms with Crippen LogP contribution in [0.25, 0.3) is 0 Å². The van der Waals surface area contributed by atoms with Crippen molar-refractivity contribution in [2.24, 2.45) is 0 Å². The van der Waals surface area contributed by atoms with Gasteiger partial charge in [-0.1, -0.05) is 12.8 Å². The average molecular weight is 288 g/mol. The number of rotatable bonds is 2. The first-order valence-corrected chi connectivity index (χ1v) is 6.82. The molecule has 1 N–H and O–H groups in total. The first-order valence-electron chi connectivity index (χ1n) is 6.82. The number of aromatic nitrogens is 2. The molecule has 2 rings (SSSR count). The van der Waals surface area contributed by atoms with E-state index in [-0.39, 0.29) is 12.0 Å². The summed E-state index contributed by atoms with van der Waals surface area (Å²) in [6.45, 7) is 2.76. The molecule has 1 unspecified atom stereocenters. The molecule has 1 aromatic heterocycles. The van der Waals surface area contributed by atoms with Crippen molar-refractivity contribution in [1.29, 1.82) is 0 Å². The highest BCUT2D eigenvalue weighted by Crippen LogP contribution is 2.32. The summed E-state index contributed by atoms with van der Waals surface area (Å²) in [5.41, 5.74) is -0.900. The maximum Gasteiger partial charge on any atom is 0.433 e. The molecule has 0 aliphatic carbocycles. The van der Waals surface area contributed by atoms with Crippen LogP contribution in [0.2, 0.25) is 0 Å². The van der Waals surface area contributed by atoms with Crippen LogP contribution in [0, 0.1) is 0 Å². The molecule has 7 heteroatoms. The highest BCUT2D eigenvalue weighted by atomic mass is 19.4. The molecule has 0 radical (unpaired) electrons. The third-order valence-corrected chi connectivity index (χ3v) is 3.57. The Bertz CT molecular complexity index is 461. The lowest BCUT2D eigenvalue weighted by Gasteiger charge is -2.28. The fourth-order valence-electron chi connectivity index (χ4n) is 2.45. The molecule has 1 aromatic rings. The Labute approximate surface area is 116 Å². The van der Waals surface area contributed by atoms with E-state index in [1.165, 1.54) is 7.05 Å². The lowest BCUT2D eigenvalue weighted by molar-refractivity contribution is -0.141. The predicted octanol–water partition coefficient (Wildman–Crippen LogP) is 3.31. The first-order chi connectivity index (χ1) is 9.41. The quantitative estimate of drug-likeness (QED) is 0.906. The summed E-state index contributed by atoms with van der Waals surface area (Å²) in [6, 6.07) is 1.24.